The highest BCUT2D eigenvalue weighted by atomic mass is 35.5. The van der Waals surface area contributed by atoms with Gasteiger partial charge in [0.1, 0.15) is 12.4 Å². The van der Waals surface area contributed by atoms with Crippen molar-refractivity contribution >= 4 is 40.2 Å². The van der Waals surface area contributed by atoms with Crippen LogP contribution in [-0.2, 0) is 35.5 Å². The van der Waals surface area contributed by atoms with Gasteiger partial charge in [0, 0.05) is 56.5 Å². The second kappa shape index (κ2) is 13.5. The summed E-state index contributed by atoms with van der Waals surface area (Å²) in [5, 5.41) is 11.8. The van der Waals surface area contributed by atoms with Gasteiger partial charge in [-0.1, -0.05) is 74.0 Å². The van der Waals surface area contributed by atoms with Crippen LogP contribution in [0, 0.1) is 0 Å². The van der Waals surface area contributed by atoms with Gasteiger partial charge in [0.2, 0.25) is 0 Å². The van der Waals surface area contributed by atoms with Crippen LogP contribution >= 0.6 is 23.4 Å². The summed E-state index contributed by atoms with van der Waals surface area (Å²) in [6, 6.07) is 26.5. The van der Waals surface area contributed by atoms with Crippen molar-refractivity contribution < 1.29 is 19.4 Å². The number of hydrogen-bond acceptors (Lipinski definition) is 5. The first-order valence-electron chi connectivity index (χ1n) is 15.0. The highest BCUT2D eigenvalue weighted by molar-refractivity contribution is 8.00. The minimum absolute atomic E-state index is 0.326. The van der Waals surface area contributed by atoms with Gasteiger partial charge < -0.3 is 19.1 Å². The largest absolute Gasteiger partial charge is 0.487 e. The molecule has 0 bridgehead atoms. The monoisotopic (exact) mass is 626 g/mol. The average Bonchev–Trinajstić information content (AvgIpc) is 3.32. The van der Waals surface area contributed by atoms with Gasteiger partial charge in [-0.05, 0) is 54.3 Å². The third kappa shape index (κ3) is 6.50. The number of aromatic nitrogens is 2. The standard InChI is InChI=1S/C36H35ClN2O4S/c1-3-32(36(40)41)42-18-17-31-35-34-29(19-23(2)44-35)33(16-15-30(34)39(31)21-24-9-12-27(37)13-10-24)43-22-28-14-11-26(20-38-28)25-7-5-4-6-8-25/h4-16,20,23,32H,3,17-19,21-22H2,1-2H3,(H,40,41)/t23-,32+/m0/s1. The fourth-order valence-corrected chi connectivity index (χ4v) is 7.30. The van der Waals surface area contributed by atoms with Crippen molar-refractivity contribution in [1.82, 2.24) is 9.55 Å². The molecule has 8 heteroatoms. The first-order chi connectivity index (χ1) is 21.4. The van der Waals surface area contributed by atoms with Gasteiger partial charge in [-0.15, -0.1) is 11.8 Å². The molecule has 1 aliphatic heterocycles. The molecule has 2 atom stereocenters. The molecule has 6 nitrogen and oxygen atoms in total. The lowest BCUT2D eigenvalue weighted by Crippen LogP contribution is -2.24. The average molecular weight is 627 g/mol. The lowest BCUT2D eigenvalue weighted by molar-refractivity contribution is -0.150. The summed E-state index contributed by atoms with van der Waals surface area (Å²) >= 11 is 8.06. The molecule has 1 aliphatic rings. The predicted molar refractivity (Wildman–Crippen MR) is 177 cm³/mol. The van der Waals surface area contributed by atoms with E-state index in [2.05, 4.69) is 58.9 Å². The van der Waals surface area contributed by atoms with Gasteiger partial charge in [0.25, 0.3) is 0 Å². The number of rotatable bonds is 12. The molecule has 0 amide bonds. The highest BCUT2D eigenvalue weighted by Crippen LogP contribution is 2.47. The second-order valence-electron chi connectivity index (χ2n) is 11.1. The number of thioether (sulfide) groups is 1. The van der Waals surface area contributed by atoms with Crippen molar-refractivity contribution in [3.63, 3.8) is 0 Å². The van der Waals surface area contributed by atoms with Crippen LogP contribution < -0.4 is 4.74 Å². The molecule has 0 saturated heterocycles. The summed E-state index contributed by atoms with van der Waals surface area (Å²) in [5.41, 5.74) is 7.73. The molecule has 3 heterocycles. The molecule has 2 aromatic heterocycles. The third-order valence-electron chi connectivity index (χ3n) is 8.03. The smallest absolute Gasteiger partial charge is 0.332 e. The first kappa shape index (κ1) is 30.3. The Hall–Kier alpha value is -3.78. The Morgan fingerprint density at radius 1 is 1.07 bits per heavy atom. The van der Waals surface area contributed by atoms with Crippen LogP contribution in [0.5, 0.6) is 5.75 Å². The Morgan fingerprint density at radius 2 is 1.86 bits per heavy atom. The van der Waals surface area contributed by atoms with Crippen LogP contribution in [0.4, 0.5) is 0 Å². The Kier molecular flexibility index (Phi) is 9.26. The predicted octanol–water partition coefficient (Wildman–Crippen LogP) is 8.44. The molecule has 0 saturated carbocycles. The van der Waals surface area contributed by atoms with E-state index < -0.39 is 12.1 Å². The number of ether oxygens (including phenoxy) is 2. The van der Waals surface area contributed by atoms with E-state index in [9.17, 15) is 9.90 Å². The van der Waals surface area contributed by atoms with Gasteiger partial charge in [0.05, 0.1) is 17.8 Å². The maximum absolute atomic E-state index is 11.6. The number of aliphatic carboxylic acids is 1. The van der Waals surface area contributed by atoms with Gasteiger partial charge in [-0.3, -0.25) is 4.98 Å². The molecule has 0 unspecified atom stereocenters. The van der Waals surface area contributed by atoms with E-state index in [0.29, 0.717) is 42.9 Å². The summed E-state index contributed by atoms with van der Waals surface area (Å²) in [4.78, 5) is 17.5. The van der Waals surface area contributed by atoms with Crippen molar-refractivity contribution in [3.05, 3.63) is 113 Å². The molecule has 1 N–H and O–H groups in total. The van der Waals surface area contributed by atoms with Crippen LogP contribution in [-0.4, -0.2) is 38.6 Å². The molecule has 44 heavy (non-hydrogen) atoms. The normalized spacial score (nSPS) is 14.9. The first-order valence-corrected chi connectivity index (χ1v) is 16.2. The number of carboxylic acid groups (broad SMARTS) is 1. The number of hydrogen-bond donors (Lipinski definition) is 1. The van der Waals surface area contributed by atoms with Gasteiger partial charge in [0.15, 0.2) is 6.10 Å². The fourth-order valence-electron chi connectivity index (χ4n) is 5.83. The summed E-state index contributed by atoms with van der Waals surface area (Å²) in [5.74, 6) is -0.0463. The van der Waals surface area contributed by atoms with Gasteiger partial charge in [-0.25, -0.2) is 4.79 Å². The van der Waals surface area contributed by atoms with Crippen molar-refractivity contribution in [3.8, 4) is 16.9 Å². The zero-order chi connectivity index (χ0) is 30.6. The molecule has 0 fully saturated rings. The van der Waals surface area contributed by atoms with Crippen LogP contribution in [0.1, 0.15) is 42.8 Å². The zero-order valence-electron chi connectivity index (χ0n) is 24.8. The lowest BCUT2D eigenvalue weighted by atomic mass is 10.0. The topological polar surface area (TPSA) is 73.6 Å². The molecule has 0 aliphatic carbocycles. The zero-order valence-corrected chi connectivity index (χ0v) is 26.4. The summed E-state index contributed by atoms with van der Waals surface area (Å²) in [6.07, 6.45) is 3.02. The van der Waals surface area contributed by atoms with Crippen LogP contribution in [0.15, 0.2) is 90.0 Å². The van der Waals surface area contributed by atoms with E-state index in [-0.39, 0.29) is 0 Å². The number of benzene rings is 3. The molecular formula is C36H35ClN2O4S. The molecule has 5 aromatic rings. The Labute approximate surface area is 267 Å². The molecule has 3 aromatic carbocycles. The lowest BCUT2D eigenvalue weighted by Gasteiger charge is -2.22. The van der Waals surface area contributed by atoms with Crippen LogP contribution in [0.3, 0.4) is 0 Å². The van der Waals surface area contributed by atoms with Crippen molar-refractivity contribution in [1.29, 1.82) is 0 Å². The van der Waals surface area contributed by atoms with Crippen molar-refractivity contribution in [2.45, 2.75) is 62.5 Å². The summed E-state index contributed by atoms with van der Waals surface area (Å²) < 4.78 is 14.6. The van der Waals surface area contributed by atoms with Crippen LogP contribution in [0.25, 0.3) is 22.0 Å². The highest BCUT2D eigenvalue weighted by Gasteiger charge is 2.29. The molecule has 6 rings (SSSR count). The van der Waals surface area contributed by atoms with E-state index >= 15 is 0 Å². The number of carbonyl (C=O) groups is 1. The van der Waals surface area contributed by atoms with Crippen molar-refractivity contribution in [2.24, 2.45) is 0 Å². The van der Waals surface area contributed by atoms with Crippen LogP contribution in [0.2, 0.25) is 5.02 Å². The maximum Gasteiger partial charge on any atom is 0.332 e. The summed E-state index contributed by atoms with van der Waals surface area (Å²) in [7, 11) is 0. The number of nitrogens with zero attached hydrogens (tertiary/aromatic N) is 2. The molecule has 226 valence electrons. The molecular weight excluding hydrogens is 592 g/mol. The number of carboxylic acids is 1. The minimum Gasteiger partial charge on any atom is -0.487 e. The van der Waals surface area contributed by atoms with E-state index in [0.717, 1.165) is 45.8 Å². The second-order valence-corrected chi connectivity index (χ2v) is 13.0. The quantitative estimate of drug-likeness (QED) is 0.150. The van der Waals surface area contributed by atoms with E-state index in [1.165, 1.54) is 15.8 Å². The Morgan fingerprint density at radius 3 is 2.57 bits per heavy atom. The minimum atomic E-state index is -0.924. The Bertz CT molecular complexity index is 1750. The third-order valence-corrected chi connectivity index (χ3v) is 9.53. The molecule has 0 spiro atoms. The number of pyridine rings is 1. The fraction of sp³-hybridized carbons (Fsp3) is 0.278. The van der Waals surface area contributed by atoms with E-state index in [1.807, 2.05) is 61.3 Å². The van der Waals surface area contributed by atoms with Crippen molar-refractivity contribution in [2.75, 3.05) is 6.61 Å². The van der Waals surface area contributed by atoms with E-state index in [1.54, 1.807) is 0 Å². The summed E-state index contributed by atoms with van der Waals surface area (Å²) in [6.45, 7) is 5.45. The molecule has 0 radical (unpaired) electrons. The van der Waals surface area contributed by atoms with E-state index in [4.69, 9.17) is 21.1 Å². The number of halogens is 1. The van der Waals surface area contributed by atoms with Gasteiger partial charge in [-0.2, -0.15) is 0 Å². The van der Waals surface area contributed by atoms with Gasteiger partial charge >= 0.3 is 5.97 Å². The maximum atomic E-state index is 11.6. The Balaban J connectivity index is 1.32. The SMILES string of the molecule is CC[C@@H](OCCc1c2c3c(c(OCc4ccc(-c5ccccc5)cn4)ccc3n1Cc1ccc(Cl)cc1)C[C@H](C)S2)C(=O)O.